The molecule has 1 fully saturated rings. The molecule has 0 bridgehead atoms. The molecule has 0 aromatic carbocycles. The number of carboxylic acids is 1. The molecule has 1 N–H and O–H groups in total. The Hall–Kier alpha value is -1.38. The molecule has 1 aliphatic rings. The van der Waals surface area contributed by atoms with E-state index < -0.39 is 5.97 Å². The zero-order chi connectivity index (χ0) is 12.3. The first-order chi connectivity index (χ1) is 8.18. The molecule has 3 nitrogen and oxygen atoms in total. The van der Waals surface area contributed by atoms with Gasteiger partial charge >= 0.3 is 5.97 Å². The summed E-state index contributed by atoms with van der Waals surface area (Å²) in [6, 6.07) is 2.08. The molecule has 1 aromatic rings. The van der Waals surface area contributed by atoms with Gasteiger partial charge in [-0.3, -0.25) is 9.78 Å². The van der Waals surface area contributed by atoms with Crippen LogP contribution in [-0.2, 0) is 4.79 Å². The van der Waals surface area contributed by atoms with Crippen molar-refractivity contribution in [2.24, 2.45) is 5.92 Å². The molecular weight excluding hydrogens is 214 g/mol. The van der Waals surface area contributed by atoms with E-state index in [1.54, 1.807) is 0 Å². The van der Waals surface area contributed by atoms with Crippen LogP contribution in [0.15, 0.2) is 18.5 Å². The fourth-order valence-corrected chi connectivity index (χ4v) is 2.78. The lowest BCUT2D eigenvalue weighted by molar-refractivity contribution is -0.142. The largest absolute Gasteiger partial charge is 0.481 e. The Morgan fingerprint density at radius 3 is 2.76 bits per heavy atom. The van der Waals surface area contributed by atoms with Crippen LogP contribution in [0.2, 0.25) is 0 Å². The molecule has 1 aromatic heterocycles. The number of nitrogens with zero attached hydrogens (tertiary/aromatic N) is 1. The molecule has 2 rings (SSSR count). The molecule has 0 amide bonds. The molecule has 1 aliphatic carbocycles. The van der Waals surface area contributed by atoms with E-state index in [2.05, 4.69) is 11.1 Å². The van der Waals surface area contributed by atoms with Crippen LogP contribution in [0.25, 0.3) is 0 Å². The van der Waals surface area contributed by atoms with E-state index in [4.69, 9.17) is 0 Å². The molecule has 3 heteroatoms. The monoisotopic (exact) mass is 233 g/mol. The van der Waals surface area contributed by atoms with Gasteiger partial charge in [0.25, 0.3) is 0 Å². The minimum Gasteiger partial charge on any atom is -0.481 e. The van der Waals surface area contributed by atoms with Crippen molar-refractivity contribution in [2.45, 2.75) is 44.9 Å². The fraction of sp³-hybridized carbons (Fsp3) is 0.571. The highest BCUT2D eigenvalue weighted by atomic mass is 16.4. The average molecular weight is 233 g/mol. The smallest absolute Gasteiger partial charge is 0.307 e. The van der Waals surface area contributed by atoms with Gasteiger partial charge < -0.3 is 5.11 Å². The lowest BCUT2D eigenvalue weighted by atomic mass is 9.83. The minimum atomic E-state index is -0.654. The molecule has 1 saturated carbocycles. The van der Waals surface area contributed by atoms with Crippen molar-refractivity contribution in [2.75, 3.05) is 0 Å². The van der Waals surface area contributed by atoms with Crippen molar-refractivity contribution in [3.8, 4) is 0 Å². The Bertz CT molecular complexity index is 403. The summed E-state index contributed by atoms with van der Waals surface area (Å²) in [7, 11) is 0. The lowest BCUT2D eigenvalue weighted by Crippen LogP contribution is -2.21. The third-order valence-electron chi connectivity index (χ3n) is 3.66. The third kappa shape index (κ3) is 2.84. The number of carboxylic acid groups (broad SMARTS) is 1. The maximum atomic E-state index is 11.4. The number of aromatic nitrogens is 1. The van der Waals surface area contributed by atoms with Gasteiger partial charge in [-0.05, 0) is 36.8 Å². The van der Waals surface area contributed by atoms with Gasteiger partial charge in [-0.15, -0.1) is 0 Å². The van der Waals surface area contributed by atoms with Crippen molar-refractivity contribution in [3.05, 3.63) is 29.6 Å². The summed E-state index contributed by atoms with van der Waals surface area (Å²) < 4.78 is 0. The quantitative estimate of drug-likeness (QED) is 0.798. The number of rotatable bonds is 2. The normalized spacial score (nSPS) is 25.2. The molecule has 2 atom stereocenters. The lowest BCUT2D eigenvalue weighted by Gasteiger charge is -2.21. The molecule has 0 saturated heterocycles. The first-order valence-electron chi connectivity index (χ1n) is 6.33. The van der Waals surface area contributed by atoms with Gasteiger partial charge in [0.1, 0.15) is 0 Å². The van der Waals surface area contributed by atoms with Gasteiger partial charge in [-0.1, -0.05) is 25.3 Å². The van der Waals surface area contributed by atoms with Gasteiger partial charge in [-0.25, -0.2) is 0 Å². The summed E-state index contributed by atoms with van der Waals surface area (Å²) in [5.74, 6) is -0.748. The van der Waals surface area contributed by atoms with Crippen LogP contribution in [0.3, 0.4) is 0 Å². The molecule has 92 valence electrons. The van der Waals surface area contributed by atoms with Gasteiger partial charge in [-0.2, -0.15) is 0 Å². The Morgan fingerprint density at radius 1 is 1.29 bits per heavy atom. The van der Waals surface area contributed by atoms with E-state index in [0.29, 0.717) is 0 Å². The second-order valence-electron chi connectivity index (χ2n) is 4.98. The van der Waals surface area contributed by atoms with Crippen molar-refractivity contribution in [1.29, 1.82) is 0 Å². The maximum Gasteiger partial charge on any atom is 0.307 e. The van der Waals surface area contributed by atoms with Crippen molar-refractivity contribution < 1.29 is 9.90 Å². The van der Waals surface area contributed by atoms with Crippen LogP contribution in [0, 0.1) is 12.8 Å². The highest BCUT2D eigenvalue weighted by Gasteiger charge is 2.30. The van der Waals surface area contributed by atoms with Gasteiger partial charge in [0.15, 0.2) is 0 Å². The Balaban J connectivity index is 2.28. The van der Waals surface area contributed by atoms with Crippen molar-refractivity contribution in [1.82, 2.24) is 4.98 Å². The summed E-state index contributed by atoms with van der Waals surface area (Å²) in [5.41, 5.74) is 2.20. The summed E-state index contributed by atoms with van der Waals surface area (Å²) in [5, 5.41) is 9.34. The summed E-state index contributed by atoms with van der Waals surface area (Å²) in [6.45, 7) is 2.00. The van der Waals surface area contributed by atoms with Crippen LogP contribution >= 0.6 is 0 Å². The van der Waals surface area contributed by atoms with Crippen molar-refractivity contribution in [3.63, 3.8) is 0 Å². The maximum absolute atomic E-state index is 11.4. The Kier molecular flexibility index (Phi) is 3.77. The number of aryl methyl sites for hydroxylation is 1. The first-order valence-corrected chi connectivity index (χ1v) is 6.33. The topological polar surface area (TPSA) is 50.2 Å². The number of hydrogen-bond acceptors (Lipinski definition) is 2. The fourth-order valence-electron chi connectivity index (χ4n) is 2.78. The van der Waals surface area contributed by atoms with E-state index in [-0.39, 0.29) is 11.8 Å². The molecule has 0 radical (unpaired) electrons. The van der Waals surface area contributed by atoms with Gasteiger partial charge in [0, 0.05) is 12.4 Å². The van der Waals surface area contributed by atoms with Crippen LogP contribution in [0.1, 0.15) is 49.1 Å². The number of carbonyl (C=O) groups is 1. The van der Waals surface area contributed by atoms with Gasteiger partial charge in [0.05, 0.1) is 5.92 Å². The number of aliphatic carboxylic acids is 1. The molecule has 1 heterocycles. The minimum absolute atomic E-state index is 0.141. The van der Waals surface area contributed by atoms with Crippen LogP contribution in [0.4, 0.5) is 0 Å². The SMILES string of the molecule is Cc1cncc(C2CCCCCC2C(=O)O)c1. The summed E-state index contributed by atoms with van der Waals surface area (Å²) in [4.78, 5) is 15.5. The summed E-state index contributed by atoms with van der Waals surface area (Å²) in [6.07, 6.45) is 8.74. The van der Waals surface area contributed by atoms with Crippen molar-refractivity contribution >= 4 is 5.97 Å². The molecule has 17 heavy (non-hydrogen) atoms. The number of pyridine rings is 1. The average Bonchev–Trinajstić information content (AvgIpc) is 2.54. The van der Waals surface area contributed by atoms with Crippen LogP contribution < -0.4 is 0 Å². The zero-order valence-electron chi connectivity index (χ0n) is 10.2. The molecule has 2 unspecified atom stereocenters. The molecule has 0 spiro atoms. The van der Waals surface area contributed by atoms with Gasteiger partial charge in [0.2, 0.25) is 0 Å². The van der Waals surface area contributed by atoms with Crippen LogP contribution in [0.5, 0.6) is 0 Å². The zero-order valence-corrected chi connectivity index (χ0v) is 10.2. The van der Waals surface area contributed by atoms with E-state index in [1.165, 1.54) is 0 Å². The second-order valence-corrected chi connectivity index (χ2v) is 4.98. The Morgan fingerprint density at radius 2 is 2.06 bits per heavy atom. The third-order valence-corrected chi connectivity index (χ3v) is 3.66. The number of hydrogen-bond donors (Lipinski definition) is 1. The second kappa shape index (κ2) is 5.30. The van der Waals surface area contributed by atoms with E-state index in [1.807, 2.05) is 19.3 Å². The molecule has 0 aliphatic heterocycles. The highest BCUT2D eigenvalue weighted by Crippen LogP contribution is 2.36. The Labute approximate surface area is 102 Å². The predicted molar refractivity (Wildman–Crippen MR) is 65.9 cm³/mol. The highest BCUT2D eigenvalue weighted by molar-refractivity contribution is 5.71. The predicted octanol–water partition coefficient (Wildman–Crippen LogP) is 3.14. The first kappa shape index (κ1) is 12.1. The van der Waals surface area contributed by atoms with E-state index in [9.17, 15) is 9.90 Å². The van der Waals surface area contributed by atoms with Crippen LogP contribution in [-0.4, -0.2) is 16.1 Å². The molecular formula is C14H19NO2. The summed E-state index contributed by atoms with van der Waals surface area (Å²) >= 11 is 0. The van der Waals surface area contributed by atoms with E-state index >= 15 is 0 Å². The van der Waals surface area contributed by atoms with E-state index in [0.717, 1.165) is 43.2 Å². The standard InChI is InChI=1S/C14H19NO2/c1-10-7-11(9-15-8-10)12-5-3-2-4-6-13(12)14(16)17/h7-9,12-13H,2-6H2,1H3,(H,16,17).